The van der Waals surface area contributed by atoms with Crippen molar-refractivity contribution in [1.29, 1.82) is 0 Å². The number of para-hydroxylation sites is 2. The molecule has 0 saturated heterocycles. The normalized spacial score (nSPS) is 11.5. The maximum atomic E-state index is 13.0. The Bertz CT molecular complexity index is 1040. The Morgan fingerprint density at radius 1 is 1.11 bits per heavy atom. The monoisotopic (exact) mass is 403 g/mol. The van der Waals surface area contributed by atoms with E-state index in [1.54, 1.807) is 12.1 Å². The molecule has 3 aromatic rings. The molecule has 3 rings (SSSR count). The molecule has 1 amide bonds. The summed E-state index contributed by atoms with van der Waals surface area (Å²) in [6, 6.07) is 14.8. The van der Waals surface area contributed by atoms with Gasteiger partial charge in [0, 0.05) is 6.54 Å². The second-order valence-electron chi connectivity index (χ2n) is 6.16. The molecule has 0 fully saturated rings. The quantitative estimate of drug-likeness (QED) is 0.632. The van der Waals surface area contributed by atoms with Gasteiger partial charge in [0.25, 0.3) is 0 Å². The Hall–Kier alpha value is -2.45. The molecule has 2 aromatic carbocycles. The van der Waals surface area contributed by atoms with Gasteiger partial charge < -0.3 is 0 Å². The summed E-state index contributed by atoms with van der Waals surface area (Å²) in [7, 11) is -3.62. The van der Waals surface area contributed by atoms with Crippen molar-refractivity contribution < 1.29 is 13.2 Å². The Balaban J connectivity index is 1.93. The van der Waals surface area contributed by atoms with Crippen LogP contribution in [0, 0.1) is 6.92 Å². The number of carbonyl (C=O) groups excluding carboxylic acids is 1. The molecule has 0 radical (unpaired) electrons. The number of nitrogens with zero attached hydrogens (tertiary/aromatic N) is 3. The van der Waals surface area contributed by atoms with Crippen LogP contribution in [0.1, 0.15) is 12.5 Å². The van der Waals surface area contributed by atoms with Gasteiger partial charge in [0.15, 0.2) is 5.13 Å². The highest BCUT2D eigenvalue weighted by molar-refractivity contribution is 7.92. The van der Waals surface area contributed by atoms with Crippen LogP contribution in [0.25, 0.3) is 10.2 Å². The van der Waals surface area contributed by atoms with Gasteiger partial charge in [-0.15, -0.1) is 0 Å². The molecule has 0 unspecified atom stereocenters. The lowest BCUT2D eigenvalue weighted by Crippen LogP contribution is -2.43. The molecule has 0 saturated carbocycles. The molecule has 1 heterocycles. The summed E-state index contributed by atoms with van der Waals surface area (Å²) in [6.07, 6.45) is 1.11. The topological polar surface area (TPSA) is 70.6 Å². The lowest BCUT2D eigenvalue weighted by Gasteiger charge is -2.26. The highest BCUT2D eigenvalue weighted by atomic mass is 32.2. The number of likely N-dealkylation sites (N-methyl/N-ethyl adjacent to an activating group) is 1. The second-order valence-corrected chi connectivity index (χ2v) is 9.07. The second kappa shape index (κ2) is 7.66. The number of sulfonamides is 1. The molecular formula is C19H21N3O3S2. The molecule has 0 atom stereocenters. The van der Waals surface area contributed by atoms with Crippen molar-refractivity contribution in [2.45, 2.75) is 13.8 Å². The average Bonchev–Trinajstić information content (AvgIpc) is 3.03. The van der Waals surface area contributed by atoms with Gasteiger partial charge in [0.2, 0.25) is 15.9 Å². The first kappa shape index (κ1) is 19.3. The number of carbonyl (C=O) groups is 1. The lowest BCUT2D eigenvalue weighted by molar-refractivity contribution is -0.117. The number of fused-ring (bicyclic) bond motifs is 1. The van der Waals surface area contributed by atoms with E-state index in [0.717, 1.165) is 26.3 Å². The molecular weight excluding hydrogens is 382 g/mol. The highest BCUT2D eigenvalue weighted by Crippen LogP contribution is 2.29. The van der Waals surface area contributed by atoms with Crippen LogP contribution in [-0.4, -0.2) is 38.7 Å². The van der Waals surface area contributed by atoms with Gasteiger partial charge in [-0.1, -0.05) is 41.7 Å². The summed E-state index contributed by atoms with van der Waals surface area (Å²) in [4.78, 5) is 19.0. The molecule has 0 aliphatic heterocycles. The summed E-state index contributed by atoms with van der Waals surface area (Å²) in [5, 5.41) is 0.571. The van der Waals surface area contributed by atoms with Crippen molar-refractivity contribution in [2.24, 2.45) is 0 Å². The number of hydrogen-bond acceptors (Lipinski definition) is 5. The predicted octanol–water partition coefficient (Wildman–Crippen LogP) is 3.42. The van der Waals surface area contributed by atoms with Crippen molar-refractivity contribution in [3.8, 4) is 0 Å². The van der Waals surface area contributed by atoms with Gasteiger partial charge in [0.05, 0.1) is 22.2 Å². The fourth-order valence-corrected chi connectivity index (χ4v) is 4.78. The average molecular weight is 404 g/mol. The van der Waals surface area contributed by atoms with E-state index < -0.39 is 10.0 Å². The number of hydrogen-bond donors (Lipinski definition) is 0. The zero-order chi connectivity index (χ0) is 19.6. The Kier molecular flexibility index (Phi) is 5.48. The first-order valence-electron chi connectivity index (χ1n) is 8.50. The molecule has 1 aromatic heterocycles. The van der Waals surface area contributed by atoms with E-state index in [-0.39, 0.29) is 12.5 Å². The van der Waals surface area contributed by atoms with Crippen molar-refractivity contribution >= 4 is 48.3 Å². The van der Waals surface area contributed by atoms with Crippen LogP contribution >= 0.6 is 11.3 Å². The van der Waals surface area contributed by atoms with Crippen LogP contribution in [-0.2, 0) is 14.8 Å². The molecule has 0 aliphatic carbocycles. The number of benzene rings is 2. The van der Waals surface area contributed by atoms with Crippen LogP contribution in [0.5, 0.6) is 0 Å². The largest absolute Gasteiger partial charge is 0.287 e. The zero-order valence-electron chi connectivity index (χ0n) is 15.4. The predicted molar refractivity (Wildman–Crippen MR) is 111 cm³/mol. The third-order valence-electron chi connectivity index (χ3n) is 4.19. The first-order chi connectivity index (χ1) is 12.8. The van der Waals surface area contributed by atoms with Crippen molar-refractivity contribution in [3.63, 3.8) is 0 Å². The Labute approximate surface area is 163 Å². The molecule has 0 bridgehead atoms. The van der Waals surface area contributed by atoms with Crippen LogP contribution < -0.4 is 9.21 Å². The number of rotatable bonds is 6. The van der Waals surface area contributed by atoms with Crippen LogP contribution in [0.2, 0.25) is 0 Å². The van der Waals surface area contributed by atoms with Gasteiger partial charge in [0.1, 0.15) is 6.54 Å². The minimum Gasteiger partial charge on any atom is -0.287 e. The van der Waals surface area contributed by atoms with Crippen molar-refractivity contribution in [1.82, 2.24) is 4.98 Å². The van der Waals surface area contributed by atoms with E-state index in [1.165, 1.54) is 16.2 Å². The van der Waals surface area contributed by atoms with E-state index in [4.69, 9.17) is 0 Å². The molecule has 0 aliphatic rings. The number of aryl methyl sites for hydroxylation is 1. The standard InChI is InChI=1S/C19H21N3O3S2/c1-4-21(19-20-15-10-6-8-12-17(15)26-19)18(23)13-22(27(3,24)25)16-11-7-5-9-14(16)2/h5-12H,4,13H2,1-3H3. The smallest absolute Gasteiger partial charge is 0.249 e. The van der Waals surface area contributed by atoms with E-state index in [1.807, 2.05) is 50.2 Å². The molecule has 0 N–H and O–H groups in total. The molecule has 8 heteroatoms. The Morgan fingerprint density at radius 3 is 2.41 bits per heavy atom. The van der Waals surface area contributed by atoms with Gasteiger partial charge in [-0.2, -0.15) is 0 Å². The fourth-order valence-electron chi connectivity index (χ4n) is 2.83. The van der Waals surface area contributed by atoms with Crippen molar-refractivity contribution in [3.05, 3.63) is 54.1 Å². The fraction of sp³-hybridized carbons (Fsp3) is 0.263. The minimum atomic E-state index is -3.62. The van der Waals surface area contributed by atoms with Gasteiger partial charge in [-0.25, -0.2) is 13.4 Å². The zero-order valence-corrected chi connectivity index (χ0v) is 17.0. The summed E-state index contributed by atoms with van der Waals surface area (Å²) >= 11 is 1.42. The summed E-state index contributed by atoms with van der Waals surface area (Å²) in [6.45, 7) is 3.81. The third-order valence-corrected chi connectivity index (χ3v) is 6.38. The highest BCUT2D eigenvalue weighted by Gasteiger charge is 2.26. The van der Waals surface area contributed by atoms with Crippen LogP contribution in [0.15, 0.2) is 48.5 Å². The van der Waals surface area contributed by atoms with Crippen molar-refractivity contribution in [2.75, 3.05) is 28.6 Å². The van der Waals surface area contributed by atoms with E-state index in [0.29, 0.717) is 17.4 Å². The first-order valence-corrected chi connectivity index (χ1v) is 11.2. The summed E-state index contributed by atoms with van der Waals surface area (Å²) in [5.74, 6) is -0.315. The van der Waals surface area contributed by atoms with Gasteiger partial charge in [-0.3, -0.25) is 14.0 Å². The van der Waals surface area contributed by atoms with Gasteiger partial charge in [-0.05, 0) is 37.6 Å². The Morgan fingerprint density at radius 2 is 1.78 bits per heavy atom. The van der Waals surface area contributed by atoms with E-state index >= 15 is 0 Å². The molecule has 6 nitrogen and oxygen atoms in total. The van der Waals surface area contributed by atoms with E-state index in [2.05, 4.69) is 4.98 Å². The lowest BCUT2D eigenvalue weighted by atomic mass is 10.2. The summed E-state index contributed by atoms with van der Waals surface area (Å²) < 4.78 is 26.8. The maximum Gasteiger partial charge on any atom is 0.249 e. The molecule has 142 valence electrons. The van der Waals surface area contributed by atoms with E-state index in [9.17, 15) is 13.2 Å². The van der Waals surface area contributed by atoms with Crippen LogP contribution in [0.3, 0.4) is 0 Å². The molecule has 27 heavy (non-hydrogen) atoms. The number of amides is 1. The summed E-state index contributed by atoms with van der Waals surface area (Å²) in [5.41, 5.74) is 2.12. The number of anilines is 2. The van der Waals surface area contributed by atoms with Gasteiger partial charge >= 0.3 is 0 Å². The number of aromatic nitrogens is 1. The maximum absolute atomic E-state index is 13.0. The third kappa shape index (κ3) is 4.12. The molecule has 0 spiro atoms. The minimum absolute atomic E-state index is 0.270. The van der Waals surface area contributed by atoms with Crippen LogP contribution in [0.4, 0.5) is 10.8 Å². The number of thiazole rings is 1. The SMILES string of the molecule is CCN(C(=O)CN(c1ccccc1C)S(C)(=O)=O)c1nc2ccccc2s1.